The summed E-state index contributed by atoms with van der Waals surface area (Å²) < 4.78 is 0. The van der Waals surface area contributed by atoms with E-state index in [-0.39, 0.29) is 0 Å². The average molecular weight is 247 g/mol. The number of hydrogen-bond acceptors (Lipinski definition) is 3. The first-order valence-corrected chi connectivity index (χ1v) is 6.95. The Morgan fingerprint density at radius 3 is 2.56 bits per heavy atom. The zero-order valence-corrected chi connectivity index (χ0v) is 11.8. The minimum Gasteiger partial charge on any atom is -0.369 e. The second kappa shape index (κ2) is 6.21. The van der Waals surface area contributed by atoms with Gasteiger partial charge in [0.05, 0.1) is 0 Å². The van der Waals surface area contributed by atoms with Crippen LogP contribution in [-0.4, -0.2) is 44.2 Å². The minimum absolute atomic E-state index is 0.639. The molecular weight excluding hydrogens is 222 g/mol. The molecule has 0 saturated carbocycles. The summed E-state index contributed by atoms with van der Waals surface area (Å²) in [5.74, 6) is 0. The van der Waals surface area contributed by atoms with Gasteiger partial charge in [-0.1, -0.05) is 19.1 Å². The molecule has 1 heterocycles. The lowest BCUT2D eigenvalue weighted by molar-refractivity contribution is 0.234. The lowest BCUT2D eigenvalue weighted by Crippen LogP contribution is -2.50. The quantitative estimate of drug-likeness (QED) is 0.877. The molecule has 0 aromatic heterocycles. The molecule has 0 amide bonds. The summed E-state index contributed by atoms with van der Waals surface area (Å²) in [5.41, 5.74) is 2.72. The Labute approximate surface area is 111 Å². The second-order valence-corrected chi connectivity index (χ2v) is 5.22. The van der Waals surface area contributed by atoms with Crippen molar-refractivity contribution in [1.82, 2.24) is 10.2 Å². The van der Waals surface area contributed by atoms with Gasteiger partial charge >= 0.3 is 0 Å². The van der Waals surface area contributed by atoms with Crippen LogP contribution in [0.3, 0.4) is 0 Å². The fourth-order valence-electron chi connectivity index (χ4n) is 2.38. The highest BCUT2D eigenvalue weighted by molar-refractivity contribution is 5.48. The average Bonchev–Trinajstić information content (AvgIpc) is 2.40. The molecule has 1 aromatic rings. The molecule has 0 bridgehead atoms. The molecule has 1 aliphatic heterocycles. The van der Waals surface area contributed by atoms with Crippen LogP contribution < -0.4 is 10.2 Å². The Kier molecular flexibility index (Phi) is 4.61. The van der Waals surface area contributed by atoms with E-state index in [0.29, 0.717) is 6.04 Å². The molecule has 1 saturated heterocycles. The van der Waals surface area contributed by atoms with Gasteiger partial charge in [0.2, 0.25) is 0 Å². The van der Waals surface area contributed by atoms with E-state index in [4.69, 9.17) is 0 Å². The van der Waals surface area contributed by atoms with Crippen molar-refractivity contribution in [3.8, 4) is 0 Å². The van der Waals surface area contributed by atoms with Crippen molar-refractivity contribution in [1.29, 1.82) is 0 Å². The third-order valence-corrected chi connectivity index (χ3v) is 3.84. The molecule has 1 aliphatic rings. The van der Waals surface area contributed by atoms with Crippen LogP contribution >= 0.6 is 0 Å². The number of likely N-dealkylation sites (N-methyl/N-ethyl adjacent to an activating group) is 1. The molecule has 1 aromatic carbocycles. The summed E-state index contributed by atoms with van der Waals surface area (Å²) >= 11 is 0. The predicted molar refractivity (Wildman–Crippen MR) is 78.1 cm³/mol. The minimum atomic E-state index is 0.639. The second-order valence-electron chi connectivity index (χ2n) is 5.22. The zero-order valence-electron chi connectivity index (χ0n) is 11.8. The van der Waals surface area contributed by atoms with E-state index in [0.717, 1.165) is 32.7 Å². The predicted octanol–water partition coefficient (Wildman–Crippen LogP) is 1.94. The molecule has 0 aliphatic carbocycles. The molecule has 2 rings (SSSR count). The van der Waals surface area contributed by atoms with Gasteiger partial charge < -0.3 is 15.1 Å². The maximum absolute atomic E-state index is 3.36. The first-order valence-electron chi connectivity index (χ1n) is 6.95. The fraction of sp³-hybridized carbons (Fsp3) is 0.600. The first kappa shape index (κ1) is 13.4. The number of nitrogens with one attached hydrogen (secondary N) is 1. The van der Waals surface area contributed by atoms with E-state index in [9.17, 15) is 0 Å². The Balaban J connectivity index is 1.97. The van der Waals surface area contributed by atoms with Gasteiger partial charge in [-0.25, -0.2) is 0 Å². The van der Waals surface area contributed by atoms with Gasteiger partial charge in [0, 0.05) is 37.9 Å². The molecule has 0 radical (unpaired) electrons. The molecule has 1 atom stereocenters. The van der Waals surface area contributed by atoms with Gasteiger partial charge in [0.1, 0.15) is 0 Å². The fourth-order valence-corrected chi connectivity index (χ4v) is 2.38. The van der Waals surface area contributed by atoms with Crippen LogP contribution in [0.1, 0.15) is 19.4 Å². The van der Waals surface area contributed by atoms with Gasteiger partial charge in [0.15, 0.2) is 0 Å². The third-order valence-electron chi connectivity index (χ3n) is 3.84. The number of piperazine rings is 1. The summed E-state index contributed by atoms with van der Waals surface area (Å²) in [5, 5.41) is 3.36. The van der Waals surface area contributed by atoms with Crippen LogP contribution in [0.15, 0.2) is 24.3 Å². The standard InChI is InChI=1S/C15H25N3/c1-4-16-11-14-5-7-15(8-6-14)18-10-9-17(3)13(2)12-18/h5-8,13,16H,4,9-12H2,1-3H3. The molecule has 3 nitrogen and oxygen atoms in total. The van der Waals surface area contributed by atoms with Crippen molar-refractivity contribution >= 4 is 5.69 Å². The summed E-state index contributed by atoms with van der Waals surface area (Å²) in [6, 6.07) is 9.62. The Bertz CT molecular complexity index is 361. The number of nitrogens with zero attached hydrogens (tertiary/aromatic N) is 2. The molecule has 1 fully saturated rings. The third kappa shape index (κ3) is 3.24. The van der Waals surface area contributed by atoms with E-state index in [2.05, 4.69) is 60.3 Å². The molecule has 18 heavy (non-hydrogen) atoms. The van der Waals surface area contributed by atoms with Crippen LogP contribution in [0.4, 0.5) is 5.69 Å². The molecule has 0 spiro atoms. The first-order chi connectivity index (χ1) is 8.70. The molecule has 1 N–H and O–H groups in total. The van der Waals surface area contributed by atoms with Gasteiger partial charge in [-0.05, 0) is 38.2 Å². The zero-order chi connectivity index (χ0) is 13.0. The van der Waals surface area contributed by atoms with Crippen molar-refractivity contribution in [3.63, 3.8) is 0 Å². The summed E-state index contributed by atoms with van der Waals surface area (Å²) in [6.07, 6.45) is 0. The highest BCUT2D eigenvalue weighted by Gasteiger charge is 2.20. The van der Waals surface area contributed by atoms with Crippen LogP contribution in [0, 0.1) is 0 Å². The lowest BCUT2D eigenvalue weighted by atomic mass is 10.1. The van der Waals surface area contributed by atoms with Crippen molar-refractivity contribution < 1.29 is 0 Å². The summed E-state index contributed by atoms with van der Waals surface area (Å²) in [4.78, 5) is 4.91. The maximum Gasteiger partial charge on any atom is 0.0367 e. The van der Waals surface area contributed by atoms with E-state index in [1.807, 2.05) is 0 Å². The smallest absolute Gasteiger partial charge is 0.0367 e. The largest absolute Gasteiger partial charge is 0.369 e. The Morgan fingerprint density at radius 2 is 1.94 bits per heavy atom. The monoisotopic (exact) mass is 247 g/mol. The molecule has 3 heteroatoms. The number of rotatable bonds is 4. The van der Waals surface area contributed by atoms with E-state index >= 15 is 0 Å². The van der Waals surface area contributed by atoms with Gasteiger partial charge in [-0.15, -0.1) is 0 Å². The maximum atomic E-state index is 3.36. The Hall–Kier alpha value is -1.06. The summed E-state index contributed by atoms with van der Waals surface area (Å²) in [6.45, 7) is 9.84. The SMILES string of the molecule is CCNCc1ccc(N2CCN(C)C(C)C2)cc1. The number of anilines is 1. The van der Waals surface area contributed by atoms with Crippen LogP contribution in [-0.2, 0) is 6.54 Å². The molecule has 1 unspecified atom stereocenters. The Morgan fingerprint density at radius 1 is 1.22 bits per heavy atom. The number of hydrogen-bond donors (Lipinski definition) is 1. The summed E-state index contributed by atoms with van der Waals surface area (Å²) in [7, 11) is 2.21. The van der Waals surface area contributed by atoms with E-state index in [1.54, 1.807) is 0 Å². The van der Waals surface area contributed by atoms with Crippen LogP contribution in [0.2, 0.25) is 0 Å². The van der Waals surface area contributed by atoms with Crippen molar-refractivity contribution in [2.24, 2.45) is 0 Å². The van der Waals surface area contributed by atoms with Crippen LogP contribution in [0.25, 0.3) is 0 Å². The number of benzene rings is 1. The van der Waals surface area contributed by atoms with Gasteiger partial charge in [-0.2, -0.15) is 0 Å². The van der Waals surface area contributed by atoms with Crippen LogP contribution in [0.5, 0.6) is 0 Å². The van der Waals surface area contributed by atoms with E-state index < -0.39 is 0 Å². The highest BCUT2D eigenvalue weighted by Crippen LogP contribution is 2.19. The molecule has 100 valence electrons. The lowest BCUT2D eigenvalue weighted by Gasteiger charge is -2.39. The van der Waals surface area contributed by atoms with Gasteiger partial charge in [0.25, 0.3) is 0 Å². The van der Waals surface area contributed by atoms with E-state index in [1.165, 1.54) is 11.3 Å². The molecular formula is C15H25N3. The van der Waals surface area contributed by atoms with Gasteiger partial charge in [-0.3, -0.25) is 0 Å². The van der Waals surface area contributed by atoms with Crippen molar-refractivity contribution in [2.45, 2.75) is 26.4 Å². The highest BCUT2D eigenvalue weighted by atomic mass is 15.3. The normalized spacial score (nSPS) is 21.3. The topological polar surface area (TPSA) is 18.5 Å². The van der Waals surface area contributed by atoms with Crippen molar-refractivity contribution in [3.05, 3.63) is 29.8 Å². The van der Waals surface area contributed by atoms with Crippen molar-refractivity contribution in [2.75, 3.05) is 38.1 Å².